The van der Waals surface area contributed by atoms with E-state index in [1.54, 1.807) is 0 Å². The molecule has 1 aliphatic heterocycles. The van der Waals surface area contributed by atoms with E-state index in [0.29, 0.717) is 11.3 Å². The second kappa shape index (κ2) is 4.52. The second-order valence-electron chi connectivity index (χ2n) is 6.55. The average molecular weight is 245 g/mol. The van der Waals surface area contributed by atoms with Crippen LogP contribution >= 0.6 is 0 Å². The molecule has 1 saturated carbocycles. The van der Waals surface area contributed by atoms with E-state index in [1.807, 2.05) is 6.20 Å². The highest BCUT2D eigenvalue weighted by atomic mass is 15.2. The summed E-state index contributed by atoms with van der Waals surface area (Å²) in [5.74, 6) is 2.86. The summed E-state index contributed by atoms with van der Waals surface area (Å²) in [4.78, 5) is 11.6. The summed E-state index contributed by atoms with van der Waals surface area (Å²) in [6.45, 7) is 7.04. The summed E-state index contributed by atoms with van der Waals surface area (Å²) in [5.41, 5.74) is 0.487. The van der Waals surface area contributed by atoms with E-state index >= 15 is 0 Å². The third kappa shape index (κ3) is 2.65. The lowest BCUT2D eigenvalue weighted by atomic mass is 9.85. The molecule has 3 heteroatoms. The van der Waals surface area contributed by atoms with E-state index in [9.17, 15) is 0 Å². The minimum atomic E-state index is 0.487. The van der Waals surface area contributed by atoms with Gasteiger partial charge < -0.3 is 4.90 Å². The Balaban J connectivity index is 1.75. The molecule has 0 atom stereocenters. The number of hydrogen-bond acceptors (Lipinski definition) is 3. The Bertz CT molecular complexity index is 424. The molecule has 0 spiro atoms. The molecule has 3 rings (SSSR count). The topological polar surface area (TPSA) is 29.0 Å². The van der Waals surface area contributed by atoms with Crippen LogP contribution in [0.5, 0.6) is 0 Å². The Kier molecular flexibility index (Phi) is 3.00. The molecule has 1 aliphatic carbocycles. The zero-order chi connectivity index (χ0) is 12.6. The molecule has 0 amide bonds. The van der Waals surface area contributed by atoms with Crippen LogP contribution in [0.2, 0.25) is 0 Å². The van der Waals surface area contributed by atoms with Crippen LogP contribution in [0.3, 0.4) is 0 Å². The third-order valence-corrected chi connectivity index (χ3v) is 4.27. The molecule has 1 aromatic rings. The summed E-state index contributed by atoms with van der Waals surface area (Å²) < 4.78 is 0. The summed E-state index contributed by atoms with van der Waals surface area (Å²) in [6.07, 6.45) is 8.34. The molecule has 0 bridgehead atoms. The first-order chi connectivity index (χ1) is 8.64. The highest BCUT2D eigenvalue weighted by Gasteiger charge is 2.28. The number of nitrogens with zero attached hydrogens (tertiary/aromatic N) is 3. The zero-order valence-corrected chi connectivity index (χ0v) is 11.5. The van der Waals surface area contributed by atoms with E-state index in [2.05, 4.69) is 29.8 Å². The fourth-order valence-corrected chi connectivity index (χ4v) is 2.73. The van der Waals surface area contributed by atoms with Crippen LogP contribution in [0.15, 0.2) is 12.3 Å². The Hall–Kier alpha value is -1.12. The molecule has 1 aromatic heterocycles. The van der Waals surface area contributed by atoms with E-state index < -0.39 is 0 Å². The SMILES string of the molecule is CC1(C)CCCN(c2ccnc(C3CC3)n2)CC1. The van der Waals surface area contributed by atoms with Crippen molar-refractivity contribution < 1.29 is 0 Å². The number of anilines is 1. The van der Waals surface area contributed by atoms with Gasteiger partial charge in [-0.05, 0) is 43.6 Å². The van der Waals surface area contributed by atoms with Crippen molar-refractivity contribution in [2.45, 2.75) is 51.9 Å². The van der Waals surface area contributed by atoms with Crippen LogP contribution in [0.4, 0.5) is 5.82 Å². The molecule has 18 heavy (non-hydrogen) atoms. The van der Waals surface area contributed by atoms with Gasteiger partial charge in [-0.3, -0.25) is 0 Å². The maximum absolute atomic E-state index is 4.76. The van der Waals surface area contributed by atoms with Gasteiger partial charge in [0.2, 0.25) is 0 Å². The lowest BCUT2D eigenvalue weighted by molar-refractivity contribution is 0.325. The van der Waals surface area contributed by atoms with E-state index in [4.69, 9.17) is 4.98 Å². The maximum atomic E-state index is 4.76. The maximum Gasteiger partial charge on any atom is 0.133 e. The lowest BCUT2D eigenvalue weighted by Gasteiger charge is -2.24. The molecule has 3 nitrogen and oxygen atoms in total. The molecule has 0 N–H and O–H groups in total. The predicted molar refractivity (Wildman–Crippen MR) is 73.9 cm³/mol. The highest BCUT2D eigenvalue weighted by Crippen LogP contribution is 2.38. The van der Waals surface area contributed by atoms with E-state index in [1.165, 1.54) is 32.1 Å². The molecule has 0 unspecified atom stereocenters. The number of rotatable bonds is 2. The smallest absolute Gasteiger partial charge is 0.133 e. The van der Waals surface area contributed by atoms with E-state index in [0.717, 1.165) is 24.7 Å². The van der Waals surface area contributed by atoms with Crippen molar-refractivity contribution >= 4 is 5.82 Å². The van der Waals surface area contributed by atoms with Gasteiger partial charge in [-0.15, -0.1) is 0 Å². The van der Waals surface area contributed by atoms with Gasteiger partial charge in [-0.25, -0.2) is 9.97 Å². The third-order valence-electron chi connectivity index (χ3n) is 4.27. The second-order valence-corrected chi connectivity index (χ2v) is 6.55. The van der Waals surface area contributed by atoms with Crippen LogP contribution in [0, 0.1) is 5.41 Å². The lowest BCUT2D eigenvalue weighted by Crippen LogP contribution is -2.26. The van der Waals surface area contributed by atoms with Gasteiger partial charge in [0.1, 0.15) is 11.6 Å². The van der Waals surface area contributed by atoms with Gasteiger partial charge in [0.25, 0.3) is 0 Å². The Labute approximate surface area is 110 Å². The molecule has 0 radical (unpaired) electrons. The summed E-state index contributed by atoms with van der Waals surface area (Å²) >= 11 is 0. The van der Waals surface area contributed by atoms with Crippen LogP contribution in [-0.2, 0) is 0 Å². The van der Waals surface area contributed by atoms with Gasteiger partial charge in [0.05, 0.1) is 0 Å². The first kappa shape index (κ1) is 11.9. The van der Waals surface area contributed by atoms with Gasteiger partial charge in [-0.1, -0.05) is 13.8 Å². The normalized spacial score (nSPS) is 23.8. The van der Waals surface area contributed by atoms with Crippen molar-refractivity contribution in [1.82, 2.24) is 9.97 Å². The van der Waals surface area contributed by atoms with Gasteiger partial charge in [0.15, 0.2) is 0 Å². The highest BCUT2D eigenvalue weighted by molar-refractivity contribution is 5.38. The van der Waals surface area contributed by atoms with Crippen molar-refractivity contribution in [3.63, 3.8) is 0 Å². The quantitative estimate of drug-likeness (QED) is 0.800. The van der Waals surface area contributed by atoms with Crippen molar-refractivity contribution in [3.8, 4) is 0 Å². The summed E-state index contributed by atoms with van der Waals surface area (Å²) in [5, 5.41) is 0. The molecule has 0 aromatic carbocycles. The van der Waals surface area contributed by atoms with Gasteiger partial charge in [0, 0.05) is 25.2 Å². The Morgan fingerprint density at radius 2 is 2.06 bits per heavy atom. The summed E-state index contributed by atoms with van der Waals surface area (Å²) in [7, 11) is 0. The van der Waals surface area contributed by atoms with Gasteiger partial charge >= 0.3 is 0 Å². The average Bonchev–Trinajstić information content (AvgIpc) is 3.17. The van der Waals surface area contributed by atoms with Crippen molar-refractivity contribution in [3.05, 3.63) is 18.1 Å². The minimum absolute atomic E-state index is 0.487. The minimum Gasteiger partial charge on any atom is -0.356 e. The molecule has 98 valence electrons. The van der Waals surface area contributed by atoms with Crippen LogP contribution in [-0.4, -0.2) is 23.1 Å². The summed E-state index contributed by atoms with van der Waals surface area (Å²) in [6, 6.07) is 2.07. The van der Waals surface area contributed by atoms with Crippen molar-refractivity contribution in [2.24, 2.45) is 5.41 Å². The first-order valence-corrected chi connectivity index (χ1v) is 7.22. The van der Waals surface area contributed by atoms with Crippen LogP contribution < -0.4 is 4.90 Å². The molecular weight excluding hydrogens is 222 g/mol. The number of aromatic nitrogens is 2. The van der Waals surface area contributed by atoms with Crippen LogP contribution in [0.25, 0.3) is 0 Å². The van der Waals surface area contributed by atoms with Crippen molar-refractivity contribution in [1.29, 1.82) is 0 Å². The molecular formula is C15H23N3. The van der Waals surface area contributed by atoms with Crippen LogP contribution in [0.1, 0.15) is 57.7 Å². The van der Waals surface area contributed by atoms with Gasteiger partial charge in [-0.2, -0.15) is 0 Å². The zero-order valence-electron chi connectivity index (χ0n) is 11.5. The monoisotopic (exact) mass is 245 g/mol. The largest absolute Gasteiger partial charge is 0.356 e. The van der Waals surface area contributed by atoms with E-state index in [-0.39, 0.29) is 0 Å². The van der Waals surface area contributed by atoms with Crippen molar-refractivity contribution in [2.75, 3.05) is 18.0 Å². The Morgan fingerprint density at radius 1 is 1.22 bits per heavy atom. The standard InChI is InChI=1S/C15H23N3/c1-15(2)7-3-10-18(11-8-15)13-6-9-16-14(17-13)12-4-5-12/h6,9,12H,3-5,7-8,10-11H2,1-2H3. The Morgan fingerprint density at radius 3 is 2.83 bits per heavy atom. The number of hydrogen-bond donors (Lipinski definition) is 0. The fourth-order valence-electron chi connectivity index (χ4n) is 2.73. The predicted octanol–water partition coefficient (Wildman–Crippen LogP) is 3.37. The molecule has 2 heterocycles. The molecule has 2 fully saturated rings. The molecule has 2 aliphatic rings. The first-order valence-electron chi connectivity index (χ1n) is 7.22. The fraction of sp³-hybridized carbons (Fsp3) is 0.733. The molecule has 1 saturated heterocycles.